The molecular weight excluding hydrogens is 232 g/mol. The van der Waals surface area contributed by atoms with E-state index in [1.807, 2.05) is 12.1 Å². The Morgan fingerprint density at radius 1 is 1.11 bits per heavy atom. The van der Waals surface area contributed by atoms with E-state index in [1.54, 1.807) is 11.3 Å². The van der Waals surface area contributed by atoms with Gasteiger partial charge in [-0.15, -0.1) is 0 Å². The number of nitrogen functional groups attached to an aromatic ring is 1. The lowest BCUT2D eigenvalue weighted by Gasteiger charge is -2.17. The first-order valence-electron chi connectivity index (χ1n) is 7.32. The Hall–Kier alpha value is -1.70. The Bertz CT molecular complexity index is 564. The lowest BCUT2D eigenvalue weighted by atomic mass is 9.98. The number of hydrogen-bond donors (Lipinski definition) is 1. The summed E-state index contributed by atoms with van der Waals surface area (Å²) in [5, 5.41) is 0. The van der Waals surface area contributed by atoms with Crippen LogP contribution in [0.4, 0.5) is 5.69 Å². The molecule has 1 heterocycles. The second-order valence-electron chi connectivity index (χ2n) is 5.50. The van der Waals surface area contributed by atoms with Crippen LogP contribution < -0.4 is 5.73 Å². The normalized spacial score (nSPS) is 14.4. The van der Waals surface area contributed by atoms with Gasteiger partial charge in [0.15, 0.2) is 0 Å². The third kappa shape index (κ3) is 2.40. The van der Waals surface area contributed by atoms with Crippen molar-refractivity contribution in [2.24, 2.45) is 0 Å². The van der Waals surface area contributed by atoms with Crippen LogP contribution in [0.2, 0.25) is 0 Å². The van der Waals surface area contributed by atoms with Crippen LogP contribution in [0.1, 0.15) is 42.3 Å². The van der Waals surface area contributed by atoms with Crippen LogP contribution in [0.3, 0.4) is 0 Å². The summed E-state index contributed by atoms with van der Waals surface area (Å²) in [7, 11) is 0. The van der Waals surface area contributed by atoms with Gasteiger partial charge in [0.05, 0.1) is 0 Å². The molecule has 1 aromatic heterocycles. The van der Waals surface area contributed by atoms with E-state index in [0.29, 0.717) is 0 Å². The van der Waals surface area contributed by atoms with E-state index in [0.717, 1.165) is 18.7 Å². The number of aromatic nitrogens is 1. The van der Waals surface area contributed by atoms with Crippen molar-refractivity contribution in [1.82, 2.24) is 4.57 Å². The van der Waals surface area contributed by atoms with Crippen LogP contribution in [0, 0.1) is 0 Å². The molecule has 1 aliphatic carbocycles. The summed E-state index contributed by atoms with van der Waals surface area (Å²) in [6.45, 7) is 3.24. The molecule has 1 aliphatic rings. The van der Waals surface area contributed by atoms with Gasteiger partial charge in [-0.1, -0.05) is 19.1 Å². The number of benzene rings is 1. The number of aryl methyl sites for hydroxylation is 2. The minimum atomic E-state index is 0.842. The van der Waals surface area contributed by atoms with Gasteiger partial charge in [0.1, 0.15) is 0 Å². The second-order valence-corrected chi connectivity index (χ2v) is 5.50. The highest BCUT2D eigenvalue weighted by Gasteiger charge is 2.17. The van der Waals surface area contributed by atoms with Gasteiger partial charge >= 0.3 is 0 Å². The molecule has 0 bridgehead atoms. The topological polar surface area (TPSA) is 30.9 Å². The first-order chi connectivity index (χ1) is 9.28. The largest absolute Gasteiger partial charge is 0.399 e. The molecule has 3 rings (SSSR count). The molecule has 0 saturated heterocycles. The number of rotatable bonds is 3. The van der Waals surface area contributed by atoms with Crippen molar-refractivity contribution in [2.45, 2.75) is 45.6 Å². The maximum Gasteiger partial charge on any atom is 0.0475 e. The summed E-state index contributed by atoms with van der Waals surface area (Å²) in [5.41, 5.74) is 12.6. The van der Waals surface area contributed by atoms with E-state index in [-0.39, 0.29) is 0 Å². The van der Waals surface area contributed by atoms with Gasteiger partial charge in [-0.2, -0.15) is 0 Å². The molecule has 1 aromatic carbocycles. The highest BCUT2D eigenvalue weighted by atomic mass is 15.0. The monoisotopic (exact) mass is 254 g/mol. The summed E-state index contributed by atoms with van der Waals surface area (Å²) in [6.07, 6.45) is 6.30. The lowest BCUT2D eigenvalue weighted by Crippen LogP contribution is -2.11. The number of hydrogen-bond acceptors (Lipinski definition) is 1. The predicted octanol–water partition coefficient (Wildman–Crippen LogP) is 3.56. The van der Waals surface area contributed by atoms with Crippen LogP contribution in [0.15, 0.2) is 30.3 Å². The molecule has 2 aromatic rings. The molecule has 2 N–H and O–H groups in total. The molecule has 0 unspecified atom stereocenters. The predicted molar refractivity (Wildman–Crippen MR) is 80.4 cm³/mol. The zero-order valence-corrected chi connectivity index (χ0v) is 11.7. The quantitative estimate of drug-likeness (QED) is 0.834. The van der Waals surface area contributed by atoms with Crippen LogP contribution in [-0.2, 0) is 25.8 Å². The summed E-state index contributed by atoms with van der Waals surface area (Å²) >= 11 is 0. The van der Waals surface area contributed by atoms with Crippen LogP contribution in [0.25, 0.3) is 0 Å². The standard InChI is InChI=1S/C17H22N2/c1-2-16-11-14-5-3-4-6-17(14)19(16)12-13-7-9-15(18)10-8-13/h7-11H,2-6,12,18H2,1H3. The molecule has 100 valence electrons. The highest BCUT2D eigenvalue weighted by Crippen LogP contribution is 2.26. The maximum absolute atomic E-state index is 5.76. The lowest BCUT2D eigenvalue weighted by molar-refractivity contribution is 0.621. The summed E-state index contributed by atoms with van der Waals surface area (Å²) in [6, 6.07) is 10.7. The summed E-state index contributed by atoms with van der Waals surface area (Å²) in [4.78, 5) is 0. The zero-order chi connectivity index (χ0) is 13.2. The van der Waals surface area contributed by atoms with Gasteiger partial charge in [-0.25, -0.2) is 0 Å². The van der Waals surface area contributed by atoms with E-state index in [2.05, 4.69) is 29.7 Å². The van der Waals surface area contributed by atoms with E-state index in [9.17, 15) is 0 Å². The minimum Gasteiger partial charge on any atom is -0.399 e. The SMILES string of the molecule is CCc1cc2c(n1Cc1ccc(N)cc1)CCCC2. The van der Waals surface area contributed by atoms with Crippen molar-refractivity contribution < 1.29 is 0 Å². The number of fused-ring (bicyclic) bond motifs is 1. The van der Waals surface area contributed by atoms with Crippen LogP contribution >= 0.6 is 0 Å². The molecular formula is C17H22N2. The fourth-order valence-electron chi connectivity index (χ4n) is 3.12. The Balaban J connectivity index is 1.95. The molecule has 19 heavy (non-hydrogen) atoms. The van der Waals surface area contributed by atoms with Gasteiger partial charge < -0.3 is 10.3 Å². The number of nitrogens with zero attached hydrogens (tertiary/aromatic N) is 1. The smallest absolute Gasteiger partial charge is 0.0475 e. The van der Waals surface area contributed by atoms with E-state index >= 15 is 0 Å². The molecule has 0 atom stereocenters. The van der Waals surface area contributed by atoms with E-state index in [1.165, 1.54) is 36.9 Å². The Kier molecular flexibility index (Phi) is 3.33. The average Bonchev–Trinajstić information content (AvgIpc) is 2.79. The van der Waals surface area contributed by atoms with Crippen LogP contribution in [0.5, 0.6) is 0 Å². The van der Waals surface area contributed by atoms with Gasteiger partial charge in [0.25, 0.3) is 0 Å². The number of nitrogens with two attached hydrogens (primary N) is 1. The molecule has 0 spiro atoms. The van der Waals surface area contributed by atoms with E-state index in [4.69, 9.17) is 5.73 Å². The van der Waals surface area contributed by atoms with Crippen molar-refractivity contribution in [1.29, 1.82) is 0 Å². The molecule has 0 amide bonds. The highest BCUT2D eigenvalue weighted by molar-refractivity contribution is 5.40. The van der Waals surface area contributed by atoms with Crippen molar-refractivity contribution >= 4 is 5.69 Å². The molecule has 0 saturated carbocycles. The molecule has 0 radical (unpaired) electrons. The minimum absolute atomic E-state index is 0.842. The first kappa shape index (κ1) is 12.3. The van der Waals surface area contributed by atoms with Crippen LogP contribution in [-0.4, -0.2) is 4.57 Å². The number of anilines is 1. The van der Waals surface area contributed by atoms with Gasteiger partial charge in [0, 0.05) is 23.6 Å². The molecule has 2 heteroatoms. The average molecular weight is 254 g/mol. The summed E-state index contributed by atoms with van der Waals surface area (Å²) < 4.78 is 2.53. The van der Waals surface area contributed by atoms with Crippen molar-refractivity contribution in [3.05, 3.63) is 52.8 Å². The fourth-order valence-corrected chi connectivity index (χ4v) is 3.12. The first-order valence-corrected chi connectivity index (χ1v) is 7.32. The third-order valence-electron chi connectivity index (χ3n) is 4.18. The van der Waals surface area contributed by atoms with Crippen molar-refractivity contribution in [2.75, 3.05) is 5.73 Å². The van der Waals surface area contributed by atoms with Gasteiger partial charge in [0.2, 0.25) is 0 Å². The molecule has 2 nitrogen and oxygen atoms in total. The maximum atomic E-state index is 5.76. The zero-order valence-electron chi connectivity index (χ0n) is 11.7. The second kappa shape index (κ2) is 5.12. The summed E-state index contributed by atoms with van der Waals surface area (Å²) in [5.74, 6) is 0. The Morgan fingerprint density at radius 2 is 1.84 bits per heavy atom. The third-order valence-corrected chi connectivity index (χ3v) is 4.18. The van der Waals surface area contributed by atoms with Crippen molar-refractivity contribution in [3.8, 4) is 0 Å². The Morgan fingerprint density at radius 3 is 2.58 bits per heavy atom. The fraction of sp³-hybridized carbons (Fsp3) is 0.412. The van der Waals surface area contributed by atoms with Gasteiger partial charge in [-0.3, -0.25) is 0 Å². The van der Waals surface area contributed by atoms with Gasteiger partial charge in [-0.05, 0) is 61.4 Å². The van der Waals surface area contributed by atoms with Crippen molar-refractivity contribution in [3.63, 3.8) is 0 Å². The Labute approximate surface area is 115 Å². The molecule has 0 aliphatic heterocycles. The van der Waals surface area contributed by atoms with E-state index < -0.39 is 0 Å². The molecule has 0 fully saturated rings.